The first-order chi connectivity index (χ1) is 10.7. The number of benzene rings is 1. The van der Waals surface area contributed by atoms with Crippen molar-refractivity contribution in [2.45, 2.75) is 13.5 Å². The van der Waals surface area contributed by atoms with Crippen molar-refractivity contribution in [3.8, 4) is 0 Å². The van der Waals surface area contributed by atoms with Gasteiger partial charge in [-0.15, -0.1) is 10.2 Å². The molecular weight excluding hydrogens is 298 g/mol. The topological polar surface area (TPSA) is 61.4 Å². The Kier molecular flexibility index (Phi) is 4.65. The van der Waals surface area contributed by atoms with Gasteiger partial charge in [-0.05, 0) is 18.1 Å². The molecule has 0 atom stereocenters. The van der Waals surface area contributed by atoms with Crippen molar-refractivity contribution >= 4 is 22.5 Å². The Morgan fingerprint density at radius 2 is 2.05 bits per heavy atom. The highest BCUT2D eigenvalue weighted by Crippen LogP contribution is 2.14. The van der Waals surface area contributed by atoms with Crippen LogP contribution in [-0.2, 0) is 6.54 Å². The summed E-state index contributed by atoms with van der Waals surface area (Å²) in [6, 6.07) is 8.36. The number of nitrogens with zero attached hydrogens (tertiary/aromatic N) is 4. The molecule has 3 rings (SSSR count). The van der Waals surface area contributed by atoms with E-state index in [1.165, 1.54) is 22.5 Å². The molecule has 1 saturated heterocycles. The summed E-state index contributed by atoms with van der Waals surface area (Å²) in [5.41, 5.74) is 4.28. The first kappa shape index (κ1) is 14.9. The molecule has 1 aromatic heterocycles. The predicted octanol–water partition coefficient (Wildman–Crippen LogP) is 2.20. The summed E-state index contributed by atoms with van der Waals surface area (Å²) < 4.78 is 0. The molecule has 0 aliphatic carbocycles. The number of hydrogen-bond donors (Lipinski definition) is 1. The SMILES string of the molecule is Cc1ccccc1CN1CCN(C(=O)Nc2nncs2)CC1. The number of rotatable bonds is 3. The molecule has 2 aromatic rings. The lowest BCUT2D eigenvalue weighted by Crippen LogP contribution is -2.49. The van der Waals surface area contributed by atoms with Crippen LogP contribution in [0.15, 0.2) is 29.8 Å². The third kappa shape index (κ3) is 3.61. The molecule has 7 heteroatoms. The standard InChI is InChI=1S/C15H19N5OS/c1-12-4-2-3-5-13(12)10-19-6-8-20(9-7-19)15(21)17-14-18-16-11-22-14/h2-5,11H,6-10H2,1H3,(H,17,18,21). The minimum atomic E-state index is -0.0905. The highest BCUT2D eigenvalue weighted by Gasteiger charge is 2.21. The maximum Gasteiger partial charge on any atom is 0.323 e. The Labute approximate surface area is 133 Å². The molecule has 0 bridgehead atoms. The van der Waals surface area contributed by atoms with Gasteiger partial charge in [-0.2, -0.15) is 0 Å². The van der Waals surface area contributed by atoms with E-state index in [1.807, 2.05) is 4.90 Å². The van der Waals surface area contributed by atoms with Crippen molar-refractivity contribution in [1.82, 2.24) is 20.0 Å². The monoisotopic (exact) mass is 317 g/mol. The number of urea groups is 1. The minimum Gasteiger partial charge on any atom is -0.322 e. The molecule has 2 heterocycles. The third-order valence-corrected chi connectivity index (χ3v) is 4.50. The second kappa shape index (κ2) is 6.85. The van der Waals surface area contributed by atoms with E-state index in [0.29, 0.717) is 5.13 Å². The lowest BCUT2D eigenvalue weighted by Gasteiger charge is -2.34. The summed E-state index contributed by atoms with van der Waals surface area (Å²) in [6.07, 6.45) is 0. The fraction of sp³-hybridized carbons (Fsp3) is 0.400. The van der Waals surface area contributed by atoms with Crippen LogP contribution in [0, 0.1) is 6.92 Å². The minimum absolute atomic E-state index is 0.0905. The van der Waals surface area contributed by atoms with Crippen molar-refractivity contribution in [2.24, 2.45) is 0 Å². The van der Waals surface area contributed by atoms with Crippen molar-refractivity contribution in [2.75, 3.05) is 31.5 Å². The van der Waals surface area contributed by atoms with E-state index >= 15 is 0 Å². The van der Waals surface area contributed by atoms with Crippen LogP contribution in [0.4, 0.5) is 9.93 Å². The van der Waals surface area contributed by atoms with Crippen molar-refractivity contribution in [1.29, 1.82) is 0 Å². The summed E-state index contributed by atoms with van der Waals surface area (Å²) in [7, 11) is 0. The fourth-order valence-corrected chi connectivity index (χ4v) is 2.97. The molecule has 116 valence electrons. The van der Waals surface area contributed by atoms with Gasteiger partial charge in [0, 0.05) is 32.7 Å². The molecule has 0 spiro atoms. The Hall–Kier alpha value is -1.99. The van der Waals surface area contributed by atoms with Crippen LogP contribution in [0.25, 0.3) is 0 Å². The summed E-state index contributed by atoms with van der Waals surface area (Å²) >= 11 is 1.33. The van der Waals surface area contributed by atoms with E-state index in [-0.39, 0.29) is 6.03 Å². The van der Waals surface area contributed by atoms with Crippen molar-refractivity contribution in [3.05, 3.63) is 40.9 Å². The quantitative estimate of drug-likeness (QED) is 0.943. The molecule has 0 saturated carbocycles. The second-order valence-electron chi connectivity index (χ2n) is 5.36. The Balaban J connectivity index is 1.50. The molecule has 1 N–H and O–H groups in total. The van der Waals surface area contributed by atoms with Crippen LogP contribution in [0.3, 0.4) is 0 Å². The highest BCUT2D eigenvalue weighted by molar-refractivity contribution is 7.13. The summed E-state index contributed by atoms with van der Waals surface area (Å²) in [5, 5.41) is 10.9. The lowest BCUT2D eigenvalue weighted by molar-refractivity contribution is 0.143. The van der Waals surface area contributed by atoms with Gasteiger partial charge in [-0.25, -0.2) is 4.79 Å². The van der Waals surface area contributed by atoms with Crippen LogP contribution in [0.5, 0.6) is 0 Å². The first-order valence-corrected chi connectivity index (χ1v) is 8.19. The van der Waals surface area contributed by atoms with Crippen LogP contribution < -0.4 is 5.32 Å². The number of carbonyl (C=O) groups is 1. The zero-order valence-corrected chi connectivity index (χ0v) is 13.3. The molecule has 1 aromatic carbocycles. The van der Waals surface area contributed by atoms with Crippen LogP contribution >= 0.6 is 11.3 Å². The fourth-order valence-electron chi connectivity index (χ4n) is 2.54. The summed E-state index contributed by atoms with van der Waals surface area (Å²) in [5.74, 6) is 0. The van der Waals surface area contributed by atoms with Gasteiger partial charge in [0.1, 0.15) is 5.51 Å². The average molecular weight is 317 g/mol. The third-order valence-electron chi connectivity index (χ3n) is 3.89. The predicted molar refractivity (Wildman–Crippen MR) is 87.0 cm³/mol. The van der Waals surface area contributed by atoms with Gasteiger partial charge >= 0.3 is 6.03 Å². The average Bonchev–Trinajstić information content (AvgIpc) is 3.03. The van der Waals surface area contributed by atoms with Gasteiger partial charge in [0.25, 0.3) is 0 Å². The second-order valence-corrected chi connectivity index (χ2v) is 6.20. The van der Waals surface area contributed by atoms with Gasteiger partial charge in [0.2, 0.25) is 5.13 Å². The van der Waals surface area contributed by atoms with Gasteiger partial charge in [-0.1, -0.05) is 35.6 Å². The molecule has 0 radical (unpaired) electrons. The Morgan fingerprint density at radius 1 is 1.27 bits per heavy atom. The van der Waals surface area contributed by atoms with E-state index in [0.717, 1.165) is 32.7 Å². The molecule has 6 nitrogen and oxygen atoms in total. The Morgan fingerprint density at radius 3 is 2.73 bits per heavy atom. The summed E-state index contributed by atoms with van der Waals surface area (Å²) in [6.45, 7) is 6.32. The molecule has 22 heavy (non-hydrogen) atoms. The first-order valence-electron chi connectivity index (χ1n) is 7.31. The molecule has 1 fully saturated rings. The normalized spacial score (nSPS) is 15.8. The smallest absolute Gasteiger partial charge is 0.322 e. The maximum absolute atomic E-state index is 12.1. The van der Waals surface area contributed by atoms with E-state index in [9.17, 15) is 4.79 Å². The van der Waals surface area contributed by atoms with Gasteiger partial charge in [0.05, 0.1) is 0 Å². The number of anilines is 1. The van der Waals surface area contributed by atoms with Crippen molar-refractivity contribution in [3.63, 3.8) is 0 Å². The number of piperazine rings is 1. The van der Waals surface area contributed by atoms with Crippen LogP contribution in [0.1, 0.15) is 11.1 Å². The zero-order valence-electron chi connectivity index (χ0n) is 12.5. The molecule has 1 aliphatic rings. The summed E-state index contributed by atoms with van der Waals surface area (Å²) in [4.78, 5) is 16.3. The maximum atomic E-state index is 12.1. The number of hydrogen-bond acceptors (Lipinski definition) is 5. The van der Waals surface area contributed by atoms with Crippen LogP contribution in [-0.4, -0.2) is 52.2 Å². The molecular formula is C15H19N5OS. The van der Waals surface area contributed by atoms with Crippen LogP contribution in [0.2, 0.25) is 0 Å². The van der Waals surface area contributed by atoms with Gasteiger partial charge < -0.3 is 4.90 Å². The molecule has 0 unspecified atom stereocenters. The van der Waals surface area contributed by atoms with Crippen molar-refractivity contribution < 1.29 is 4.79 Å². The number of amides is 2. The largest absolute Gasteiger partial charge is 0.323 e. The highest BCUT2D eigenvalue weighted by atomic mass is 32.1. The molecule has 2 amide bonds. The molecule has 1 aliphatic heterocycles. The Bertz CT molecular complexity index is 623. The van der Waals surface area contributed by atoms with E-state index in [1.54, 1.807) is 5.51 Å². The van der Waals surface area contributed by atoms with E-state index in [4.69, 9.17) is 0 Å². The van der Waals surface area contributed by atoms with E-state index in [2.05, 4.69) is 51.6 Å². The zero-order chi connectivity index (χ0) is 15.4. The number of carbonyl (C=O) groups excluding carboxylic acids is 1. The number of aryl methyl sites for hydroxylation is 1. The van der Waals surface area contributed by atoms with E-state index < -0.39 is 0 Å². The number of aromatic nitrogens is 2. The number of nitrogens with one attached hydrogen (secondary N) is 1. The lowest BCUT2D eigenvalue weighted by atomic mass is 10.1. The van der Waals surface area contributed by atoms with Gasteiger partial charge in [0.15, 0.2) is 0 Å². The van der Waals surface area contributed by atoms with Gasteiger partial charge in [-0.3, -0.25) is 10.2 Å².